The summed E-state index contributed by atoms with van der Waals surface area (Å²) in [5.41, 5.74) is 3.78. The molecular formula is C29H33FN2O2S. The van der Waals surface area contributed by atoms with Gasteiger partial charge >= 0.3 is 0 Å². The molecule has 1 aliphatic carbocycles. The maximum atomic E-state index is 13.6. The Kier molecular flexibility index (Phi) is 7.41. The molecule has 1 fully saturated rings. The van der Waals surface area contributed by atoms with E-state index in [1.807, 2.05) is 42.6 Å². The van der Waals surface area contributed by atoms with Gasteiger partial charge in [-0.15, -0.1) is 11.3 Å². The molecule has 4 nitrogen and oxygen atoms in total. The maximum absolute atomic E-state index is 13.6. The number of hydrogen-bond donors (Lipinski definition) is 0. The number of amides is 2. The predicted octanol–water partition coefficient (Wildman–Crippen LogP) is 6.33. The van der Waals surface area contributed by atoms with E-state index >= 15 is 0 Å². The van der Waals surface area contributed by atoms with Gasteiger partial charge in [-0.1, -0.05) is 45.0 Å². The maximum Gasteiger partial charge on any atom is 0.254 e. The second-order valence-corrected chi connectivity index (χ2v) is 11.4. The van der Waals surface area contributed by atoms with Crippen LogP contribution in [0.1, 0.15) is 65.5 Å². The van der Waals surface area contributed by atoms with Crippen molar-refractivity contribution in [3.63, 3.8) is 0 Å². The lowest BCUT2D eigenvalue weighted by atomic mass is 9.86. The average molecular weight is 493 g/mol. The fourth-order valence-electron chi connectivity index (χ4n) is 4.06. The quantitative estimate of drug-likeness (QED) is 0.369. The SMILES string of the molecule is Cc1ccsc1CN(Cc1ccc(F)cc1)C(=O)CN(C(=O)c1ccc(C(C)(C)C)cc1)C1CC1. The van der Waals surface area contributed by atoms with Crippen molar-refractivity contribution in [2.24, 2.45) is 0 Å². The third-order valence-electron chi connectivity index (χ3n) is 6.49. The van der Waals surface area contributed by atoms with Crippen LogP contribution >= 0.6 is 11.3 Å². The minimum absolute atomic E-state index is 0.00843. The van der Waals surface area contributed by atoms with E-state index in [-0.39, 0.29) is 35.6 Å². The van der Waals surface area contributed by atoms with E-state index in [0.29, 0.717) is 18.7 Å². The first-order valence-electron chi connectivity index (χ1n) is 12.1. The lowest BCUT2D eigenvalue weighted by molar-refractivity contribution is -0.133. The third-order valence-corrected chi connectivity index (χ3v) is 7.50. The Bertz CT molecular complexity index is 1170. The Hall–Kier alpha value is -2.99. The van der Waals surface area contributed by atoms with Crippen LogP contribution in [0, 0.1) is 12.7 Å². The van der Waals surface area contributed by atoms with Crippen molar-refractivity contribution in [1.82, 2.24) is 9.80 Å². The van der Waals surface area contributed by atoms with Gasteiger partial charge < -0.3 is 9.80 Å². The standard InChI is InChI=1S/C29H33FN2O2S/c1-20-15-16-35-26(20)18-31(17-21-5-11-24(30)12-6-21)27(33)19-32(25-13-14-25)28(34)22-7-9-23(10-8-22)29(2,3)4/h5-12,15-16,25H,13-14,17-19H2,1-4H3. The van der Waals surface area contributed by atoms with Gasteiger partial charge in [0.1, 0.15) is 12.4 Å². The Balaban J connectivity index is 1.53. The van der Waals surface area contributed by atoms with Crippen LogP contribution in [0.3, 0.4) is 0 Å². The number of carbonyl (C=O) groups excluding carboxylic acids is 2. The molecule has 184 valence electrons. The molecule has 2 amide bonds. The van der Waals surface area contributed by atoms with Gasteiger partial charge in [0, 0.05) is 23.0 Å². The van der Waals surface area contributed by atoms with Gasteiger partial charge in [0.25, 0.3) is 5.91 Å². The van der Waals surface area contributed by atoms with Gasteiger partial charge in [0.2, 0.25) is 5.91 Å². The Morgan fingerprint density at radius 3 is 2.17 bits per heavy atom. The number of halogens is 1. The fourth-order valence-corrected chi connectivity index (χ4v) is 4.98. The van der Waals surface area contributed by atoms with Crippen LogP contribution in [0.2, 0.25) is 0 Å². The summed E-state index contributed by atoms with van der Waals surface area (Å²) in [5.74, 6) is -0.507. The number of hydrogen-bond acceptors (Lipinski definition) is 3. The van der Waals surface area contributed by atoms with Gasteiger partial charge in [-0.05, 0) is 77.6 Å². The molecule has 0 spiro atoms. The summed E-state index contributed by atoms with van der Waals surface area (Å²) in [6.07, 6.45) is 1.84. The highest BCUT2D eigenvalue weighted by molar-refractivity contribution is 7.10. The zero-order chi connectivity index (χ0) is 25.2. The molecule has 0 bridgehead atoms. The number of carbonyl (C=O) groups is 2. The van der Waals surface area contributed by atoms with Gasteiger partial charge in [-0.2, -0.15) is 0 Å². The minimum Gasteiger partial charge on any atom is -0.332 e. The molecule has 1 aromatic heterocycles. The van der Waals surface area contributed by atoms with E-state index in [2.05, 4.69) is 20.8 Å². The highest BCUT2D eigenvalue weighted by Gasteiger charge is 2.35. The lowest BCUT2D eigenvalue weighted by Crippen LogP contribution is -2.43. The van der Waals surface area contributed by atoms with Crippen molar-refractivity contribution >= 4 is 23.2 Å². The van der Waals surface area contributed by atoms with Crippen LogP contribution < -0.4 is 0 Å². The molecule has 1 saturated carbocycles. The van der Waals surface area contributed by atoms with Crippen molar-refractivity contribution in [3.8, 4) is 0 Å². The molecule has 0 atom stereocenters. The van der Waals surface area contributed by atoms with E-state index < -0.39 is 0 Å². The van der Waals surface area contributed by atoms with Gasteiger partial charge in [0.05, 0.1) is 6.54 Å². The summed E-state index contributed by atoms with van der Waals surface area (Å²) in [6.45, 7) is 9.33. The second-order valence-electron chi connectivity index (χ2n) is 10.4. The largest absolute Gasteiger partial charge is 0.332 e. The summed E-state index contributed by atoms with van der Waals surface area (Å²) in [5, 5.41) is 2.02. The van der Waals surface area contributed by atoms with Crippen LogP contribution in [-0.4, -0.2) is 34.2 Å². The third kappa shape index (κ3) is 6.37. The number of thiophene rings is 1. The molecule has 0 saturated heterocycles. The summed E-state index contributed by atoms with van der Waals surface area (Å²) in [7, 11) is 0. The molecule has 1 aliphatic rings. The van der Waals surface area contributed by atoms with Crippen LogP contribution in [0.5, 0.6) is 0 Å². The van der Waals surface area contributed by atoms with Gasteiger partial charge in [-0.3, -0.25) is 9.59 Å². The number of rotatable bonds is 8. The first-order valence-corrected chi connectivity index (χ1v) is 13.0. The molecular weight excluding hydrogens is 459 g/mol. The zero-order valence-corrected chi connectivity index (χ0v) is 21.7. The van der Waals surface area contributed by atoms with Crippen LogP contribution in [0.4, 0.5) is 4.39 Å². The molecule has 0 N–H and O–H groups in total. The first-order chi connectivity index (χ1) is 16.6. The van der Waals surface area contributed by atoms with E-state index in [1.54, 1.807) is 33.3 Å². The Morgan fingerprint density at radius 2 is 1.63 bits per heavy atom. The molecule has 2 aromatic carbocycles. The molecule has 1 heterocycles. The van der Waals surface area contributed by atoms with Gasteiger partial charge in [0.15, 0.2) is 0 Å². The highest BCUT2D eigenvalue weighted by atomic mass is 32.1. The van der Waals surface area contributed by atoms with Crippen LogP contribution in [0.15, 0.2) is 60.0 Å². The lowest BCUT2D eigenvalue weighted by Gasteiger charge is -2.28. The minimum atomic E-state index is -0.302. The van der Waals surface area contributed by atoms with Crippen molar-refractivity contribution in [1.29, 1.82) is 0 Å². The molecule has 35 heavy (non-hydrogen) atoms. The fraction of sp³-hybridized carbons (Fsp3) is 0.379. The van der Waals surface area contributed by atoms with Crippen molar-refractivity contribution in [3.05, 3.63) is 92.9 Å². The second kappa shape index (κ2) is 10.3. The molecule has 4 rings (SSSR count). The molecule has 6 heteroatoms. The normalized spacial score (nSPS) is 13.5. The Labute approximate surface area is 211 Å². The first kappa shape index (κ1) is 25.1. The molecule has 0 radical (unpaired) electrons. The zero-order valence-electron chi connectivity index (χ0n) is 20.9. The van der Waals surface area contributed by atoms with Crippen molar-refractivity contribution in [2.45, 2.75) is 65.1 Å². The molecule has 3 aromatic rings. The number of aryl methyl sites for hydroxylation is 1. The average Bonchev–Trinajstić information content (AvgIpc) is 3.59. The molecule has 0 unspecified atom stereocenters. The van der Waals surface area contributed by atoms with Gasteiger partial charge in [-0.25, -0.2) is 4.39 Å². The summed E-state index contributed by atoms with van der Waals surface area (Å²) in [6, 6.07) is 16.1. The smallest absolute Gasteiger partial charge is 0.254 e. The van der Waals surface area contributed by atoms with E-state index in [4.69, 9.17) is 0 Å². The van der Waals surface area contributed by atoms with E-state index in [9.17, 15) is 14.0 Å². The van der Waals surface area contributed by atoms with Crippen LogP contribution in [-0.2, 0) is 23.3 Å². The summed E-state index contributed by atoms with van der Waals surface area (Å²) >= 11 is 1.62. The number of benzene rings is 2. The summed E-state index contributed by atoms with van der Waals surface area (Å²) in [4.78, 5) is 31.6. The highest BCUT2D eigenvalue weighted by Crippen LogP contribution is 2.30. The van der Waals surface area contributed by atoms with E-state index in [0.717, 1.165) is 28.8 Å². The van der Waals surface area contributed by atoms with E-state index in [1.165, 1.54) is 17.7 Å². The topological polar surface area (TPSA) is 40.6 Å². The monoisotopic (exact) mass is 492 g/mol. The molecule has 0 aliphatic heterocycles. The number of nitrogens with zero attached hydrogens (tertiary/aromatic N) is 2. The Morgan fingerprint density at radius 1 is 0.971 bits per heavy atom. The van der Waals surface area contributed by atoms with Crippen LogP contribution in [0.25, 0.3) is 0 Å². The summed E-state index contributed by atoms with van der Waals surface area (Å²) < 4.78 is 13.4. The predicted molar refractivity (Wildman–Crippen MR) is 139 cm³/mol. The van der Waals surface area contributed by atoms with Crippen molar-refractivity contribution < 1.29 is 14.0 Å². The van der Waals surface area contributed by atoms with Crippen molar-refractivity contribution in [2.75, 3.05) is 6.54 Å².